The van der Waals surface area contributed by atoms with Crippen molar-refractivity contribution in [2.24, 2.45) is 0 Å². The van der Waals surface area contributed by atoms with Crippen molar-refractivity contribution in [1.29, 1.82) is 0 Å². The predicted octanol–water partition coefficient (Wildman–Crippen LogP) is 3.03. The topological polar surface area (TPSA) is 75.7 Å². The number of aryl methyl sites for hydroxylation is 1. The van der Waals surface area contributed by atoms with Gasteiger partial charge in [-0.3, -0.25) is 9.59 Å². The lowest BCUT2D eigenvalue weighted by Gasteiger charge is -2.25. The van der Waals surface area contributed by atoms with Crippen LogP contribution in [0.25, 0.3) is 0 Å². The number of esters is 1. The Kier molecular flexibility index (Phi) is 7.82. The molecule has 1 aliphatic rings. The molecule has 1 N–H and O–H groups in total. The number of methoxy groups -OCH3 is 1. The minimum atomic E-state index is -0.757. The highest BCUT2D eigenvalue weighted by molar-refractivity contribution is 5.86. The molecule has 1 saturated heterocycles. The summed E-state index contributed by atoms with van der Waals surface area (Å²) in [6, 6.07) is 16.8. The van der Waals surface area contributed by atoms with Crippen LogP contribution >= 0.6 is 0 Å². The molecule has 3 rings (SSSR count). The van der Waals surface area contributed by atoms with Crippen LogP contribution in [-0.2, 0) is 38.5 Å². The summed E-state index contributed by atoms with van der Waals surface area (Å²) in [6.07, 6.45) is 2.57. The Bertz CT molecular complexity index is 895. The summed E-state index contributed by atoms with van der Waals surface area (Å²) in [4.78, 5) is 39.2. The Balaban J connectivity index is 1.62. The number of nitrogens with zero attached hydrogens (tertiary/aromatic N) is 1. The van der Waals surface area contributed by atoms with Gasteiger partial charge in [-0.1, -0.05) is 61.5 Å². The molecule has 2 atom stereocenters. The Morgan fingerprint density at radius 1 is 1.06 bits per heavy atom. The number of likely N-dealkylation sites (tertiary alicyclic amines) is 1. The fourth-order valence-corrected chi connectivity index (χ4v) is 3.95. The van der Waals surface area contributed by atoms with Crippen molar-refractivity contribution >= 4 is 17.8 Å². The molecule has 31 heavy (non-hydrogen) atoms. The monoisotopic (exact) mass is 422 g/mol. The third-order valence-electron chi connectivity index (χ3n) is 5.76. The fourth-order valence-electron chi connectivity index (χ4n) is 3.95. The molecule has 1 fully saturated rings. The highest BCUT2D eigenvalue weighted by atomic mass is 16.5. The quantitative estimate of drug-likeness (QED) is 0.631. The number of amides is 2. The summed E-state index contributed by atoms with van der Waals surface area (Å²) < 4.78 is 4.87. The molecule has 6 heteroatoms. The van der Waals surface area contributed by atoms with Crippen LogP contribution in [0.4, 0.5) is 0 Å². The Hall–Kier alpha value is -3.15. The second-order valence-corrected chi connectivity index (χ2v) is 7.92. The number of hydrogen-bond acceptors (Lipinski definition) is 4. The van der Waals surface area contributed by atoms with Gasteiger partial charge in [-0.05, 0) is 29.5 Å². The van der Waals surface area contributed by atoms with Crippen molar-refractivity contribution in [1.82, 2.24) is 10.2 Å². The molecule has 0 saturated carbocycles. The van der Waals surface area contributed by atoms with Crippen LogP contribution in [0, 0.1) is 0 Å². The first kappa shape index (κ1) is 22.5. The molecular formula is C25H30N2O4. The number of hydrogen-bond donors (Lipinski definition) is 1. The van der Waals surface area contributed by atoms with Crippen LogP contribution in [0.5, 0.6) is 0 Å². The molecule has 164 valence electrons. The van der Waals surface area contributed by atoms with Gasteiger partial charge in [0.05, 0.1) is 7.11 Å². The van der Waals surface area contributed by atoms with E-state index in [0.717, 1.165) is 17.5 Å². The molecule has 2 aromatic carbocycles. The largest absolute Gasteiger partial charge is 0.467 e. The molecular weight excluding hydrogens is 392 g/mol. The van der Waals surface area contributed by atoms with Gasteiger partial charge in [-0.15, -0.1) is 0 Å². The summed E-state index contributed by atoms with van der Waals surface area (Å²) >= 11 is 0. The average molecular weight is 423 g/mol. The molecule has 0 bridgehead atoms. The van der Waals surface area contributed by atoms with Crippen molar-refractivity contribution in [3.63, 3.8) is 0 Å². The third-order valence-corrected chi connectivity index (χ3v) is 5.76. The number of benzene rings is 2. The van der Waals surface area contributed by atoms with Gasteiger partial charge in [0.15, 0.2) is 0 Å². The lowest BCUT2D eigenvalue weighted by atomic mass is 10.0. The molecule has 1 heterocycles. The van der Waals surface area contributed by atoms with E-state index >= 15 is 0 Å². The van der Waals surface area contributed by atoms with E-state index in [1.807, 2.05) is 42.5 Å². The molecule has 0 radical (unpaired) electrons. The van der Waals surface area contributed by atoms with Crippen LogP contribution in [0.1, 0.15) is 42.9 Å². The smallest absolute Gasteiger partial charge is 0.328 e. The third kappa shape index (κ3) is 6.17. The number of carbonyl (C=O) groups excluding carboxylic acids is 3. The molecule has 2 aromatic rings. The molecule has 6 nitrogen and oxygen atoms in total. The van der Waals surface area contributed by atoms with E-state index in [2.05, 4.69) is 24.4 Å². The molecule has 0 aliphatic carbocycles. The zero-order valence-electron chi connectivity index (χ0n) is 18.2. The van der Waals surface area contributed by atoms with E-state index in [0.29, 0.717) is 25.8 Å². The number of carbonyl (C=O) groups is 3. The number of nitrogens with one attached hydrogen (secondary N) is 1. The fraction of sp³-hybridized carbons (Fsp3) is 0.400. The second kappa shape index (κ2) is 10.8. The van der Waals surface area contributed by atoms with Crippen molar-refractivity contribution in [3.05, 3.63) is 71.3 Å². The zero-order valence-corrected chi connectivity index (χ0v) is 18.2. The molecule has 1 aliphatic heterocycles. The first-order chi connectivity index (χ1) is 15.0. The van der Waals surface area contributed by atoms with Crippen molar-refractivity contribution in [2.75, 3.05) is 7.11 Å². The molecule has 0 aromatic heterocycles. The SMILES string of the molecule is CCc1ccc(CN2C(=O)CCC2CC(=O)N[C@H](Cc2ccccc2)C(=O)OC)cc1. The van der Waals surface area contributed by atoms with Crippen LogP contribution in [0.2, 0.25) is 0 Å². The lowest BCUT2D eigenvalue weighted by molar-refractivity contribution is -0.145. The standard InChI is InChI=1S/C25H30N2O4/c1-3-18-9-11-20(12-10-18)17-27-21(13-14-24(27)29)16-23(28)26-22(25(30)31-2)15-19-7-5-4-6-8-19/h4-12,21-22H,3,13-17H2,1-2H3,(H,26,28)/t21?,22-/m1/s1. The Labute approximate surface area is 183 Å². The van der Waals surface area contributed by atoms with Crippen LogP contribution in [-0.4, -0.2) is 41.9 Å². The van der Waals surface area contributed by atoms with Gasteiger partial charge < -0.3 is 15.0 Å². The zero-order chi connectivity index (χ0) is 22.2. The Morgan fingerprint density at radius 2 is 1.74 bits per heavy atom. The van der Waals surface area contributed by atoms with Gasteiger partial charge in [0, 0.05) is 31.8 Å². The maximum atomic E-state index is 12.8. The van der Waals surface area contributed by atoms with E-state index in [4.69, 9.17) is 4.74 Å². The van der Waals surface area contributed by atoms with Crippen LogP contribution in [0.15, 0.2) is 54.6 Å². The highest BCUT2D eigenvalue weighted by Crippen LogP contribution is 2.24. The van der Waals surface area contributed by atoms with Crippen LogP contribution < -0.4 is 5.32 Å². The Morgan fingerprint density at radius 3 is 2.39 bits per heavy atom. The minimum absolute atomic E-state index is 0.0613. The number of ether oxygens (including phenoxy) is 1. The van der Waals surface area contributed by atoms with Crippen LogP contribution in [0.3, 0.4) is 0 Å². The van der Waals surface area contributed by atoms with E-state index in [9.17, 15) is 14.4 Å². The molecule has 0 spiro atoms. The first-order valence-electron chi connectivity index (χ1n) is 10.8. The maximum absolute atomic E-state index is 12.8. The first-order valence-corrected chi connectivity index (χ1v) is 10.8. The van der Waals surface area contributed by atoms with E-state index in [1.165, 1.54) is 12.7 Å². The van der Waals surface area contributed by atoms with E-state index in [1.54, 1.807) is 4.90 Å². The van der Waals surface area contributed by atoms with Crippen molar-refractivity contribution in [3.8, 4) is 0 Å². The van der Waals surface area contributed by atoms with Gasteiger partial charge in [0.1, 0.15) is 6.04 Å². The highest BCUT2D eigenvalue weighted by Gasteiger charge is 2.33. The van der Waals surface area contributed by atoms with Crippen molar-refractivity contribution in [2.45, 2.75) is 57.7 Å². The summed E-state index contributed by atoms with van der Waals surface area (Å²) in [5.74, 6) is -0.670. The van der Waals surface area contributed by atoms with Gasteiger partial charge in [-0.25, -0.2) is 4.79 Å². The summed E-state index contributed by atoms with van der Waals surface area (Å²) in [5.41, 5.74) is 3.24. The van der Waals surface area contributed by atoms with Crippen molar-refractivity contribution < 1.29 is 19.1 Å². The van der Waals surface area contributed by atoms with E-state index < -0.39 is 12.0 Å². The predicted molar refractivity (Wildman–Crippen MR) is 118 cm³/mol. The summed E-state index contributed by atoms with van der Waals surface area (Å²) in [7, 11) is 1.31. The average Bonchev–Trinajstić information content (AvgIpc) is 3.12. The summed E-state index contributed by atoms with van der Waals surface area (Å²) in [5, 5.41) is 2.81. The number of rotatable bonds is 9. The minimum Gasteiger partial charge on any atom is -0.467 e. The van der Waals surface area contributed by atoms with E-state index in [-0.39, 0.29) is 24.3 Å². The molecule has 1 unspecified atom stereocenters. The van der Waals surface area contributed by atoms with Gasteiger partial charge in [0.25, 0.3) is 0 Å². The summed E-state index contributed by atoms with van der Waals surface area (Å²) in [6.45, 7) is 2.60. The maximum Gasteiger partial charge on any atom is 0.328 e. The molecule has 2 amide bonds. The second-order valence-electron chi connectivity index (χ2n) is 7.92. The normalized spacial score (nSPS) is 16.8. The van der Waals surface area contributed by atoms with Gasteiger partial charge in [-0.2, -0.15) is 0 Å². The van der Waals surface area contributed by atoms with Gasteiger partial charge in [0.2, 0.25) is 11.8 Å². The van der Waals surface area contributed by atoms with Gasteiger partial charge >= 0.3 is 5.97 Å². The lowest BCUT2D eigenvalue weighted by Crippen LogP contribution is -2.45.